The van der Waals surface area contributed by atoms with E-state index >= 15 is 0 Å². The van der Waals surface area contributed by atoms with Crippen LogP contribution >= 0.6 is 0 Å². The number of anilines is 1. The average Bonchev–Trinajstić information content (AvgIpc) is 3.78. The molecule has 4 N–H and O–H groups in total. The monoisotopic (exact) mass is 630 g/mol. The number of aryl methyl sites for hydroxylation is 1. The summed E-state index contributed by atoms with van der Waals surface area (Å²) in [4.78, 5) is 8.62. The maximum absolute atomic E-state index is 11.3. The number of benzene rings is 5. The van der Waals surface area contributed by atoms with Crippen LogP contribution < -0.4 is 5.32 Å². The summed E-state index contributed by atoms with van der Waals surface area (Å²) in [5, 5.41) is 26.5. The molecule has 0 saturated heterocycles. The fourth-order valence-electron chi connectivity index (χ4n) is 8.46. The van der Waals surface area contributed by atoms with Crippen LogP contribution in [0.3, 0.4) is 0 Å². The van der Waals surface area contributed by atoms with Gasteiger partial charge in [-0.15, -0.1) is 0 Å². The van der Waals surface area contributed by atoms with Crippen LogP contribution in [-0.4, -0.2) is 24.7 Å². The van der Waals surface area contributed by atoms with Crippen LogP contribution in [0.4, 0.5) is 5.69 Å². The number of phenolic OH excluding ortho intramolecular Hbond substituents is 2. The molecule has 0 radical (unpaired) electrons. The third kappa shape index (κ3) is 4.58. The molecular formula is C42H38N4O2. The molecule has 2 aliphatic rings. The molecule has 0 amide bonds. The summed E-state index contributed by atoms with van der Waals surface area (Å²) in [5.41, 5.74) is 12.1. The Bertz CT molecular complexity index is 2320. The Morgan fingerprint density at radius 1 is 0.833 bits per heavy atom. The van der Waals surface area contributed by atoms with Gasteiger partial charge in [0, 0.05) is 51.4 Å². The van der Waals surface area contributed by atoms with Gasteiger partial charge in [0.1, 0.15) is 17.3 Å². The maximum atomic E-state index is 11.3. The fraction of sp³-hybridized carbons (Fsp3) is 0.214. The minimum absolute atomic E-state index is 0.0201. The summed E-state index contributed by atoms with van der Waals surface area (Å²) in [7, 11) is 0. The quantitative estimate of drug-likeness (QED) is 0.152. The lowest BCUT2D eigenvalue weighted by molar-refractivity contribution is 0.271. The minimum Gasteiger partial charge on any atom is -0.508 e. The molecule has 2 aromatic heterocycles. The van der Waals surface area contributed by atoms with Gasteiger partial charge in [-0.25, -0.2) is 4.98 Å². The standard InChI is InChI=1S/C42H38N4O2/c1-26-9-16-35-32(21-26)33(24-43-35)40-42(19-5-2-6-20-42)34-23-28(12-17-36(34)44-40)31-22-29(13-18-39(31)48)41-45-37-7-3-4-8-38(37)46(41)25-27-10-14-30(47)15-11-27/h3-4,7-18,21-24,40,43-44,47-48H,2,5-6,19-20,25H2,1H3. The molecule has 1 aliphatic carbocycles. The summed E-state index contributed by atoms with van der Waals surface area (Å²) < 4.78 is 2.22. The third-order valence-corrected chi connectivity index (χ3v) is 10.8. The van der Waals surface area contributed by atoms with Crippen molar-refractivity contribution < 1.29 is 10.2 Å². The Labute approximate surface area is 279 Å². The van der Waals surface area contributed by atoms with Crippen LogP contribution in [0.5, 0.6) is 11.5 Å². The van der Waals surface area contributed by atoms with E-state index < -0.39 is 0 Å². The van der Waals surface area contributed by atoms with Gasteiger partial charge < -0.3 is 25.1 Å². The van der Waals surface area contributed by atoms with Crippen molar-refractivity contribution in [1.29, 1.82) is 0 Å². The predicted molar refractivity (Wildman–Crippen MR) is 194 cm³/mol. The molecule has 7 aromatic rings. The SMILES string of the molecule is Cc1ccc2[nH]cc(C3Nc4ccc(-c5cc(-c6nc7ccccc7n6Cc6ccc(O)cc6)ccc5O)cc4C34CCCCC4)c2c1. The van der Waals surface area contributed by atoms with E-state index in [-0.39, 0.29) is 23.0 Å². The molecule has 0 bridgehead atoms. The molecule has 1 atom stereocenters. The predicted octanol–water partition coefficient (Wildman–Crippen LogP) is 9.99. The molecule has 1 unspecified atom stereocenters. The highest BCUT2D eigenvalue weighted by molar-refractivity contribution is 5.87. The molecule has 6 nitrogen and oxygen atoms in total. The number of aromatic nitrogens is 3. The molecule has 6 heteroatoms. The highest BCUT2D eigenvalue weighted by atomic mass is 16.3. The van der Waals surface area contributed by atoms with Crippen molar-refractivity contribution in [2.24, 2.45) is 0 Å². The maximum Gasteiger partial charge on any atom is 0.141 e. The van der Waals surface area contributed by atoms with E-state index in [9.17, 15) is 10.2 Å². The van der Waals surface area contributed by atoms with Crippen LogP contribution in [0, 0.1) is 6.92 Å². The molecule has 1 saturated carbocycles. The average molecular weight is 631 g/mol. The number of rotatable bonds is 5. The van der Waals surface area contributed by atoms with E-state index in [4.69, 9.17) is 4.98 Å². The number of nitrogens with one attached hydrogen (secondary N) is 2. The Hall–Kier alpha value is -5.49. The van der Waals surface area contributed by atoms with Gasteiger partial charge in [-0.2, -0.15) is 0 Å². The lowest BCUT2D eigenvalue weighted by Crippen LogP contribution is -2.34. The zero-order valence-electron chi connectivity index (χ0n) is 27.0. The number of fused-ring (bicyclic) bond motifs is 4. The van der Waals surface area contributed by atoms with Gasteiger partial charge in [0.25, 0.3) is 0 Å². The number of para-hydroxylation sites is 2. The Morgan fingerprint density at radius 2 is 1.65 bits per heavy atom. The number of aromatic hydroxyl groups is 2. The van der Waals surface area contributed by atoms with Crippen LogP contribution in [0.15, 0.2) is 109 Å². The second kappa shape index (κ2) is 11.1. The second-order valence-corrected chi connectivity index (χ2v) is 13.8. The summed E-state index contributed by atoms with van der Waals surface area (Å²) in [5.74, 6) is 1.35. The van der Waals surface area contributed by atoms with E-state index in [0.717, 1.165) is 52.0 Å². The van der Waals surface area contributed by atoms with Gasteiger partial charge in [-0.1, -0.05) is 61.2 Å². The largest absolute Gasteiger partial charge is 0.508 e. The number of nitrogens with zero attached hydrogens (tertiary/aromatic N) is 2. The van der Waals surface area contributed by atoms with E-state index in [2.05, 4.69) is 76.5 Å². The van der Waals surface area contributed by atoms with Crippen molar-refractivity contribution in [2.75, 3.05) is 5.32 Å². The topological polar surface area (TPSA) is 86.1 Å². The number of imidazole rings is 1. The first-order valence-corrected chi connectivity index (χ1v) is 17.0. The van der Waals surface area contributed by atoms with Crippen molar-refractivity contribution >= 4 is 27.6 Å². The van der Waals surface area contributed by atoms with E-state index in [1.54, 1.807) is 18.2 Å². The smallest absolute Gasteiger partial charge is 0.141 e. The molecule has 1 spiro atoms. The van der Waals surface area contributed by atoms with Crippen LogP contribution in [-0.2, 0) is 12.0 Å². The first-order valence-electron chi connectivity index (χ1n) is 17.0. The van der Waals surface area contributed by atoms with Crippen LogP contribution in [0.25, 0.3) is 44.5 Å². The first kappa shape index (κ1) is 28.7. The van der Waals surface area contributed by atoms with Crippen LogP contribution in [0.1, 0.15) is 60.4 Å². The number of hydrogen-bond acceptors (Lipinski definition) is 4. The van der Waals surface area contributed by atoms with Crippen LogP contribution in [0.2, 0.25) is 0 Å². The summed E-state index contributed by atoms with van der Waals surface area (Å²) in [6.07, 6.45) is 8.16. The highest BCUT2D eigenvalue weighted by Crippen LogP contribution is 2.57. The van der Waals surface area contributed by atoms with E-state index in [1.165, 1.54) is 52.5 Å². The van der Waals surface area contributed by atoms with Crippen molar-refractivity contribution in [1.82, 2.24) is 14.5 Å². The highest BCUT2D eigenvalue weighted by Gasteiger charge is 2.48. The number of phenols is 2. The second-order valence-electron chi connectivity index (χ2n) is 13.8. The molecule has 238 valence electrons. The number of aromatic amines is 1. The van der Waals surface area contributed by atoms with Gasteiger partial charge in [0.05, 0.1) is 17.1 Å². The Morgan fingerprint density at radius 3 is 2.50 bits per heavy atom. The van der Waals surface area contributed by atoms with Gasteiger partial charge in [-0.05, 0) is 103 Å². The first-order chi connectivity index (χ1) is 23.5. The lowest BCUT2D eigenvalue weighted by Gasteiger charge is -2.39. The van der Waals surface area contributed by atoms with Gasteiger partial charge in [0.15, 0.2) is 0 Å². The van der Waals surface area contributed by atoms with Crippen molar-refractivity contribution in [3.63, 3.8) is 0 Å². The van der Waals surface area contributed by atoms with Gasteiger partial charge in [0.2, 0.25) is 0 Å². The zero-order valence-corrected chi connectivity index (χ0v) is 27.0. The minimum atomic E-state index is -0.0201. The molecule has 1 fully saturated rings. The van der Waals surface area contributed by atoms with Gasteiger partial charge in [-0.3, -0.25) is 0 Å². The zero-order chi connectivity index (χ0) is 32.4. The molecule has 1 aliphatic heterocycles. The molecule has 9 rings (SSSR count). The summed E-state index contributed by atoms with van der Waals surface area (Å²) in [6, 6.07) is 34.9. The molecule has 3 heterocycles. The number of H-pyrrole nitrogens is 1. The van der Waals surface area contributed by atoms with Crippen molar-refractivity contribution in [2.45, 2.75) is 57.0 Å². The molecule has 48 heavy (non-hydrogen) atoms. The third-order valence-electron chi connectivity index (χ3n) is 10.8. The van der Waals surface area contributed by atoms with Crippen molar-refractivity contribution in [3.8, 4) is 34.0 Å². The summed E-state index contributed by atoms with van der Waals surface area (Å²) in [6.45, 7) is 2.77. The lowest BCUT2D eigenvalue weighted by atomic mass is 9.65. The normalized spacial score (nSPS) is 16.8. The summed E-state index contributed by atoms with van der Waals surface area (Å²) >= 11 is 0. The Kier molecular flexibility index (Phi) is 6.61. The van der Waals surface area contributed by atoms with E-state index in [0.29, 0.717) is 6.54 Å². The van der Waals surface area contributed by atoms with Crippen molar-refractivity contribution in [3.05, 3.63) is 132 Å². The van der Waals surface area contributed by atoms with E-state index in [1.807, 2.05) is 36.4 Å². The molecule has 5 aromatic carbocycles. The van der Waals surface area contributed by atoms with Gasteiger partial charge >= 0.3 is 0 Å². The molecular weight excluding hydrogens is 592 g/mol. The Balaban J connectivity index is 1.14. The fourth-order valence-corrected chi connectivity index (χ4v) is 8.46. The number of hydrogen-bond donors (Lipinski definition) is 4.